The van der Waals surface area contributed by atoms with Crippen molar-refractivity contribution in [3.63, 3.8) is 0 Å². The summed E-state index contributed by atoms with van der Waals surface area (Å²) in [6, 6.07) is 0. The van der Waals surface area contributed by atoms with E-state index in [1.807, 2.05) is 33.9 Å². The van der Waals surface area contributed by atoms with Crippen LogP contribution < -0.4 is 0 Å². The average molecular weight is 292 g/mol. The number of hydrogen-bond acceptors (Lipinski definition) is 3. The number of alkyl halides is 3. The average Bonchev–Trinajstić information content (AvgIpc) is 1.98. The first-order chi connectivity index (χ1) is 7.13. The van der Waals surface area contributed by atoms with Gasteiger partial charge in [0.1, 0.15) is 0 Å². The van der Waals surface area contributed by atoms with Crippen molar-refractivity contribution in [3.8, 4) is 0 Å². The first kappa shape index (κ1) is 16.9. The van der Waals surface area contributed by atoms with Crippen LogP contribution in [0, 0.1) is 0 Å². The van der Waals surface area contributed by atoms with Crippen molar-refractivity contribution in [1.29, 1.82) is 0 Å². The molecule has 0 aliphatic carbocycles. The van der Waals surface area contributed by atoms with Gasteiger partial charge in [0.15, 0.2) is 0 Å². The highest BCUT2D eigenvalue weighted by atomic mass is 32.2. The molecule has 0 bridgehead atoms. The Morgan fingerprint density at radius 1 is 1.12 bits per heavy atom. The molecule has 17 heavy (non-hydrogen) atoms. The summed E-state index contributed by atoms with van der Waals surface area (Å²) < 4.78 is 62.7. The minimum Gasteiger partial charge on any atom is -0.264 e. The Hall–Kier alpha value is -0.0831. The molecule has 1 atom stereocenters. The van der Waals surface area contributed by atoms with E-state index < -0.39 is 29.4 Å². The molecule has 0 N–H and O–H groups in total. The van der Waals surface area contributed by atoms with Crippen molar-refractivity contribution < 1.29 is 25.8 Å². The zero-order valence-corrected chi connectivity index (χ0v) is 12.7. The van der Waals surface area contributed by atoms with Gasteiger partial charge in [-0.25, -0.2) is 0 Å². The van der Waals surface area contributed by atoms with Gasteiger partial charge in [0.2, 0.25) is 0 Å². The lowest BCUT2D eigenvalue weighted by Crippen LogP contribution is -2.50. The molecule has 8 heteroatoms. The van der Waals surface area contributed by atoms with Crippen LogP contribution in [0.15, 0.2) is 0 Å². The van der Waals surface area contributed by atoms with Gasteiger partial charge in [-0.2, -0.15) is 21.6 Å². The number of hydrogen-bond donors (Lipinski definition) is 0. The molecule has 0 spiro atoms. The van der Waals surface area contributed by atoms with E-state index in [1.54, 1.807) is 0 Å². The van der Waals surface area contributed by atoms with Crippen molar-refractivity contribution in [2.24, 2.45) is 0 Å². The standard InChI is InChI=1S/C9H19F3O3SSi/c1-7(17(5,6)8(2,3)4)15-16(13,14)9(10,11)12/h7H,1-6H3. The van der Waals surface area contributed by atoms with Gasteiger partial charge in [0, 0.05) is 0 Å². The molecular weight excluding hydrogens is 273 g/mol. The van der Waals surface area contributed by atoms with E-state index in [2.05, 4.69) is 4.18 Å². The fraction of sp³-hybridized carbons (Fsp3) is 1.00. The van der Waals surface area contributed by atoms with Crippen LogP contribution in [-0.2, 0) is 14.3 Å². The summed E-state index contributed by atoms with van der Waals surface area (Å²) in [4.78, 5) is 0. The highest BCUT2D eigenvalue weighted by molar-refractivity contribution is 7.87. The first-order valence-corrected chi connectivity index (χ1v) is 9.61. The fourth-order valence-corrected chi connectivity index (χ4v) is 4.03. The molecule has 3 nitrogen and oxygen atoms in total. The molecule has 0 aromatic rings. The molecule has 0 radical (unpaired) electrons. The second-order valence-corrected chi connectivity index (χ2v) is 12.9. The Balaban J connectivity index is 5.09. The van der Waals surface area contributed by atoms with E-state index in [9.17, 15) is 21.6 Å². The Labute approximate surface area is 101 Å². The Morgan fingerprint density at radius 3 is 1.71 bits per heavy atom. The molecule has 1 unspecified atom stereocenters. The molecule has 0 saturated heterocycles. The van der Waals surface area contributed by atoms with Crippen LogP contribution in [0.4, 0.5) is 13.2 Å². The highest BCUT2D eigenvalue weighted by Crippen LogP contribution is 2.40. The maximum atomic E-state index is 12.2. The van der Waals surface area contributed by atoms with Gasteiger partial charge in [-0.3, -0.25) is 4.18 Å². The lowest BCUT2D eigenvalue weighted by molar-refractivity contribution is -0.0551. The van der Waals surface area contributed by atoms with Crippen LogP contribution >= 0.6 is 0 Å². The fourth-order valence-electron chi connectivity index (χ4n) is 0.975. The van der Waals surface area contributed by atoms with Crippen molar-refractivity contribution in [2.45, 2.75) is 57.1 Å². The third-order valence-electron chi connectivity index (χ3n) is 3.50. The SMILES string of the molecule is CC(OS(=O)(=O)C(F)(F)F)[Si](C)(C)C(C)(C)C. The number of rotatable bonds is 3. The summed E-state index contributed by atoms with van der Waals surface area (Å²) in [7, 11) is -7.80. The molecule has 0 amide bonds. The quantitative estimate of drug-likeness (QED) is 0.455. The molecule has 0 aliphatic rings. The predicted octanol–water partition coefficient (Wildman–Crippen LogP) is 3.29. The van der Waals surface area contributed by atoms with E-state index in [0.29, 0.717) is 0 Å². The molecule has 0 saturated carbocycles. The van der Waals surface area contributed by atoms with Crippen LogP contribution in [-0.4, -0.2) is 27.7 Å². The third-order valence-corrected chi connectivity index (χ3v) is 10.8. The monoisotopic (exact) mass is 292 g/mol. The Bertz CT molecular complexity index is 368. The van der Waals surface area contributed by atoms with E-state index >= 15 is 0 Å². The molecule has 0 aliphatic heterocycles. The summed E-state index contributed by atoms with van der Waals surface area (Å²) in [6.45, 7) is 10.6. The molecule has 0 fully saturated rings. The minimum atomic E-state index is -5.51. The summed E-state index contributed by atoms with van der Waals surface area (Å²) in [6.07, 6.45) is 0. The van der Waals surface area contributed by atoms with Crippen molar-refractivity contribution >= 4 is 18.2 Å². The summed E-state index contributed by atoms with van der Waals surface area (Å²) >= 11 is 0. The largest absolute Gasteiger partial charge is 0.523 e. The van der Waals surface area contributed by atoms with E-state index in [-0.39, 0.29) is 5.04 Å². The highest BCUT2D eigenvalue weighted by Gasteiger charge is 2.51. The Kier molecular flexibility index (Phi) is 4.52. The van der Waals surface area contributed by atoms with Crippen molar-refractivity contribution in [1.82, 2.24) is 0 Å². The van der Waals surface area contributed by atoms with Crippen LogP contribution in [0.25, 0.3) is 0 Å². The molecule has 0 rings (SSSR count). The molecule has 104 valence electrons. The molecule has 0 aromatic heterocycles. The van der Waals surface area contributed by atoms with Gasteiger partial charge in [0.25, 0.3) is 0 Å². The van der Waals surface area contributed by atoms with Gasteiger partial charge >= 0.3 is 15.6 Å². The molecule has 0 heterocycles. The summed E-state index contributed by atoms with van der Waals surface area (Å²) in [5, 5.41) is -0.256. The van der Waals surface area contributed by atoms with Crippen LogP contribution in [0.3, 0.4) is 0 Å². The topological polar surface area (TPSA) is 43.4 Å². The predicted molar refractivity (Wildman–Crippen MR) is 62.7 cm³/mol. The third kappa shape index (κ3) is 3.69. The van der Waals surface area contributed by atoms with Gasteiger partial charge in [-0.1, -0.05) is 33.9 Å². The zero-order chi connectivity index (χ0) is 14.3. The Morgan fingerprint density at radius 2 is 1.47 bits per heavy atom. The van der Waals surface area contributed by atoms with Crippen LogP contribution in [0.1, 0.15) is 27.7 Å². The first-order valence-electron chi connectivity index (χ1n) is 5.12. The van der Waals surface area contributed by atoms with E-state index in [4.69, 9.17) is 0 Å². The maximum absolute atomic E-state index is 12.2. The smallest absolute Gasteiger partial charge is 0.264 e. The van der Waals surface area contributed by atoms with Gasteiger partial charge in [0.05, 0.1) is 13.8 Å². The van der Waals surface area contributed by atoms with Crippen molar-refractivity contribution in [3.05, 3.63) is 0 Å². The number of halogens is 3. The minimum absolute atomic E-state index is 0.256. The second kappa shape index (κ2) is 4.54. The van der Waals surface area contributed by atoms with Crippen LogP contribution in [0.5, 0.6) is 0 Å². The van der Waals surface area contributed by atoms with Gasteiger partial charge in [-0.05, 0) is 12.0 Å². The van der Waals surface area contributed by atoms with Crippen molar-refractivity contribution in [2.75, 3.05) is 0 Å². The van der Waals surface area contributed by atoms with Gasteiger partial charge < -0.3 is 0 Å². The van der Waals surface area contributed by atoms with Gasteiger partial charge in [-0.15, -0.1) is 0 Å². The van der Waals surface area contributed by atoms with E-state index in [0.717, 1.165) is 0 Å². The molecular formula is C9H19F3O3SSi. The lowest BCUT2D eigenvalue weighted by Gasteiger charge is -2.40. The van der Waals surface area contributed by atoms with E-state index in [1.165, 1.54) is 6.92 Å². The summed E-state index contributed by atoms with van der Waals surface area (Å²) in [5.41, 5.74) is -6.29. The second-order valence-electron chi connectivity index (χ2n) is 5.61. The normalized spacial score (nSPS) is 17.0. The lowest BCUT2D eigenvalue weighted by atomic mass is 10.2. The molecule has 0 aromatic carbocycles. The van der Waals surface area contributed by atoms with Crippen LogP contribution in [0.2, 0.25) is 18.1 Å². The zero-order valence-electron chi connectivity index (χ0n) is 10.8. The summed E-state index contributed by atoms with van der Waals surface area (Å²) in [5.74, 6) is 0. The maximum Gasteiger partial charge on any atom is 0.523 e.